The van der Waals surface area contributed by atoms with Gasteiger partial charge in [0.25, 0.3) is 0 Å². The highest BCUT2D eigenvalue weighted by Gasteiger charge is 2.54. The first kappa shape index (κ1) is 11.7. The monoisotopic (exact) mass is 223 g/mol. The van der Waals surface area contributed by atoms with Crippen molar-refractivity contribution in [2.24, 2.45) is 11.3 Å². The Morgan fingerprint density at radius 1 is 1.50 bits per heavy atom. The number of ether oxygens (including phenoxy) is 1. The van der Waals surface area contributed by atoms with Crippen LogP contribution in [0.2, 0.25) is 0 Å². The second-order valence-electron chi connectivity index (χ2n) is 5.27. The van der Waals surface area contributed by atoms with Crippen LogP contribution < -0.4 is 5.32 Å². The minimum atomic E-state index is 0.195. The summed E-state index contributed by atoms with van der Waals surface area (Å²) in [7, 11) is 1.80. The van der Waals surface area contributed by atoms with Crippen LogP contribution in [-0.4, -0.2) is 19.3 Å². The molecule has 0 aromatic carbocycles. The summed E-state index contributed by atoms with van der Waals surface area (Å²) in [5, 5.41) is 3.55. The van der Waals surface area contributed by atoms with E-state index in [9.17, 15) is 0 Å². The molecule has 0 aliphatic heterocycles. The summed E-state index contributed by atoms with van der Waals surface area (Å²) in [6.07, 6.45) is 2.06. The average Bonchev–Trinajstić information content (AvgIpc) is 2.70. The smallest absolute Gasteiger partial charge is 0.117 e. The first-order valence-electron chi connectivity index (χ1n) is 5.86. The van der Waals surface area contributed by atoms with Gasteiger partial charge in [0, 0.05) is 18.6 Å². The van der Waals surface area contributed by atoms with Crippen LogP contribution in [-0.2, 0) is 11.3 Å². The molecule has 0 spiro atoms. The fraction of sp³-hybridized carbons (Fsp3) is 0.692. The molecule has 1 aliphatic rings. The van der Waals surface area contributed by atoms with Crippen LogP contribution in [0.15, 0.2) is 22.8 Å². The Morgan fingerprint density at radius 2 is 2.25 bits per heavy atom. The summed E-state index contributed by atoms with van der Waals surface area (Å²) in [6, 6.07) is 4.41. The fourth-order valence-electron chi connectivity index (χ4n) is 3.18. The van der Waals surface area contributed by atoms with Gasteiger partial charge in [-0.15, -0.1) is 0 Å². The zero-order chi connectivity index (χ0) is 11.8. The molecule has 3 nitrogen and oxygen atoms in total. The van der Waals surface area contributed by atoms with Crippen LogP contribution in [0, 0.1) is 11.3 Å². The van der Waals surface area contributed by atoms with Gasteiger partial charge in [0.05, 0.1) is 18.9 Å². The van der Waals surface area contributed by atoms with E-state index in [0.717, 1.165) is 12.3 Å². The zero-order valence-corrected chi connectivity index (χ0v) is 10.5. The summed E-state index contributed by atoms with van der Waals surface area (Å²) in [6.45, 7) is 7.53. The molecule has 1 saturated carbocycles. The Balaban J connectivity index is 1.91. The lowest BCUT2D eigenvalue weighted by molar-refractivity contribution is -0.145. The van der Waals surface area contributed by atoms with E-state index in [-0.39, 0.29) is 5.41 Å². The van der Waals surface area contributed by atoms with E-state index < -0.39 is 0 Å². The van der Waals surface area contributed by atoms with E-state index in [1.165, 1.54) is 0 Å². The summed E-state index contributed by atoms with van der Waals surface area (Å²) < 4.78 is 10.8. The van der Waals surface area contributed by atoms with Gasteiger partial charge in [-0.2, -0.15) is 0 Å². The molecule has 0 unspecified atom stereocenters. The maximum absolute atomic E-state index is 5.52. The molecule has 1 heterocycles. The molecule has 1 aromatic rings. The Hall–Kier alpha value is -0.800. The molecule has 90 valence electrons. The van der Waals surface area contributed by atoms with Gasteiger partial charge in [-0.25, -0.2) is 0 Å². The van der Waals surface area contributed by atoms with Crippen molar-refractivity contribution in [1.82, 2.24) is 5.32 Å². The minimum absolute atomic E-state index is 0.195. The SMILES string of the molecule is CO[C@@H]1[C@H](C)[C@@H](NCc2ccco2)C1(C)C. The first-order chi connectivity index (χ1) is 7.57. The lowest BCUT2D eigenvalue weighted by Gasteiger charge is -2.56. The molecule has 0 saturated heterocycles. The van der Waals surface area contributed by atoms with Crippen molar-refractivity contribution in [2.75, 3.05) is 7.11 Å². The quantitative estimate of drug-likeness (QED) is 0.851. The lowest BCUT2D eigenvalue weighted by Crippen LogP contribution is -2.66. The van der Waals surface area contributed by atoms with Crippen LogP contribution in [0.1, 0.15) is 26.5 Å². The van der Waals surface area contributed by atoms with Crippen molar-refractivity contribution in [1.29, 1.82) is 0 Å². The third kappa shape index (κ3) is 1.78. The summed E-state index contributed by atoms with van der Waals surface area (Å²) in [4.78, 5) is 0. The maximum atomic E-state index is 5.52. The van der Waals surface area contributed by atoms with Gasteiger partial charge in [-0.05, 0) is 18.1 Å². The van der Waals surface area contributed by atoms with Gasteiger partial charge in [-0.1, -0.05) is 20.8 Å². The van der Waals surface area contributed by atoms with Gasteiger partial charge in [0.15, 0.2) is 0 Å². The van der Waals surface area contributed by atoms with Gasteiger partial charge >= 0.3 is 0 Å². The van der Waals surface area contributed by atoms with E-state index in [2.05, 4.69) is 26.1 Å². The highest BCUT2D eigenvalue weighted by molar-refractivity contribution is 5.08. The van der Waals surface area contributed by atoms with Crippen LogP contribution in [0.4, 0.5) is 0 Å². The minimum Gasteiger partial charge on any atom is -0.468 e. The molecule has 0 radical (unpaired) electrons. The highest BCUT2D eigenvalue weighted by atomic mass is 16.5. The molecule has 1 fully saturated rings. The molecule has 2 rings (SSSR count). The Bertz CT molecular complexity index is 332. The van der Waals surface area contributed by atoms with Crippen molar-refractivity contribution in [3.05, 3.63) is 24.2 Å². The molecule has 16 heavy (non-hydrogen) atoms. The molecule has 1 aromatic heterocycles. The third-order valence-electron chi connectivity index (χ3n) is 3.87. The summed E-state index contributed by atoms with van der Waals surface area (Å²) in [5.41, 5.74) is 0.195. The van der Waals surface area contributed by atoms with E-state index in [4.69, 9.17) is 9.15 Å². The van der Waals surface area contributed by atoms with Crippen molar-refractivity contribution >= 4 is 0 Å². The topological polar surface area (TPSA) is 34.4 Å². The predicted molar refractivity (Wildman–Crippen MR) is 63.1 cm³/mol. The van der Waals surface area contributed by atoms with E-state index >= 15 is 0 Å². The van der Waals surface area contributed by atoms with Crippen molar-refractivity contribution in [3.8, 4) is 0 Å². The van der Waals surface area contributed by atoms with Crippen molar-refractivity contribution < 1.29 is 9.15 Å². The number of methoxy groups -OCH3 is 1. The molecule has 0 amide bonds. The van der Waals surface area contributed by atoms with Crippen molar-refractivity contribution in [3.63, 3.8) is 0 Å². The van der Waals surface area contributed by atoms with Crippen LogP contribution in [0.5, 0.6) is 0 Å². The average molecular weight is 223 g/mol. The molecule has 0 bridgehead atoms. The first-order valence-corrected chi connectivity index (χ1v) is 5.86. The van der Waals surface area contributed by atoms with Gasteiger partial charge in [-0.3, -0.25) is 0 Å². The highest BCUT2D eigenvalue weighted by Crippen LogP contribution is 2.46. The molecular formula is C13H21NO2. The number of nitrogens with one attached hydrogen (secondary N) is 1. The van der Waals surface area contributed by atoms with Crippen molar-refractivity contribution in [2.45, 2.75) is 39.5 Å². The van der Waals surface area contributed by atoms with E-state index in [0.29, 0.717) is 18.1 Å². The lowest BCUT2D eigenvalue weighted by atomic mass is 9.58. The summed E-state index contributed by atoms with van der Waals surface area (Å²) in [5.74, 6) is 1.54. The number of furan rings is 1. The number of rotatable bonds is 4. The molecule has 3 heteroatoms. The van der Waals surface area contributed by atoms with Crippen LogP contribution >= 0.6 is 0 Å². The van der Waals surface area contributed by atoms with Crippen LogP contribution in [0.3, 0.4) is 0 Å². The normalized spacial score (nSPS) is 32.4. The second kappa shape index (κ2) is 4.22. The number of hydrogen-bond donors (Lipinski definition) is 1. The maximum Gasteiger partial charge on any atom is 0.117 e. The van der Waals surface area contributed by atoms with E-state index in [1.807, 2.05) is 12.1 Å². The Kier molecular flexibility index (Phi) is 3.08. The van der Waals surface area contributed by atoms with Crippen LogP contribution in [0.25, 0.3) is 0 Å². The van der Waals surface area contributed by atoms with E-state index in [1.54, 1.807) is 13.4 Å². The zero-order valence-electron chi connectivity index (χ0n) is 10.5. The molecule has 1 aliphatic carbocycles. The molecule has 1 N–H and O–H groups in total. The van der Waals surface area contributed by atoms with Gasteiger partial charge in [0.1, 0.15) is 5.76 Å². The fourth-order valence-corrected chi connectivity index (χ4v) is 3.18. The molecule has 3 atom stereocenters. The number of hydrogen-bond acceptors (Lipinski definition) is 3. The largest absolute Gasteiger partial charge is 0.468 e. The molecular weight excluding hydrogens is 202 g/mol. The standard InChI is InChI=1S/C13H21NO2/c1-9-11(13(2,3)12(9)15-4)14-8-10-6-5-7-16-10/h5-7,9,11-12,14H,8H2,1-4H3/t9-,11-,12-/m1/s1. The predicted octanol–water partition coefficient (Wildman–Crippen LogP) is 2.43. The summed E-state index contributed by atoms with van der Waals surface area (Å²) >= 11 is 0. The Morgan fingerprint density at radius 3 is 2.75 bits per heavy atom. The second-order valence-corrected chi connectivity index (χ2v) is 5.27. The van der Waals surface area contributed by atoms with Gasteiger partial charge in [0.2, 0.25) is 0 Å². The Labute approximate surface area is 97.2 Å². The van der Waals surface area contributed by atoms with Gasteiger partial charge < -0.3 is 14.5 Å². The third-order valence-corrected chi connectivity index (χ3v) is 3.87.